The predicted octanol–water partition coefficient (Wildman–Crippen LogP) is 5.89. The summed E-state index contributed by atoms with van der Waals surface area (Å²) in [6.45, 7) is -0.0636. The first-order valence-corrected chi connectivity index (χ1v) is 12.8. The molecule has 5 nitrogen and oxygen atoms in total. The normalized spacial score (nSPS) is 12.4. The van der Waals surface area contributed by atoms with Crippen molar-refractivity contribution in [2.45, 2.75) is 23.9 Å². The fourth-order valence-corrected chi connectivity index (χ4v) is 5.57. The van der Waals surface area contributed by atoms with E-state index in [1.54, 1.807) is 72.8 Å². The minimum Gasteiger partial charge on any atom is -0.480 e. The van der Waals surface area contributed by atoms with Crippen molar-refractivity contribution in [1.29, 1.82) is 0 Å². The number of benzene rings is 4. The Balaban J connectivity index is 1.72. The average molecular weight is 506 g/mol. The van der Waals surface area contributed by atoms with Crippen LogP contribution in [0.2, 0.25) is 5.02 Å². The molecular formula is C28H24ClNO4S. The molecular weight excluding hydrogens is 482 g/mol. The molecule has 0 aromatic heterocycles. The standard InChI is InChI=1S/C28H24ClNO4S/c29-25-15-11-23(12-16-25)24-13-17-26(18-14-24)35(33,34)30(20-22-9-5-2-6-10-22)27(28(31)32)19-21-7-3-1-4-8-21/h1-18,27H,19-20H2,(H,31,32)/t27-/m1/s1. The van der Waals surface area contributed by atoms with Crippen molar-refractivity contribution in [2.75, 3.05) is 0 Å². The Hall–Kier alpha value is -3.45. The summed E-state index contributed by atoms with van der Waals surface area (Å²) in [6.07, 6.45) is 0.0467. The average Bonchev–Trinajstić information content (AvgIpc) is 2.88. The Bertz CT molecular complexity index is 1370. The molecule has 1 atom stereocenters. The molecule has 0 radical (unpaired) electrons. The Kier molecular flexibility index (Phi) is 7.66. The molecule has 0 saturated heterocycles. The van der Waals surface area contributed by atoms with Gasteiger partial charge in [-0.2, -0.15) is 4.31 Å². The number of carboxylic acids is 1. The van der Waals surface area contributed by atoms with Gasteiger partial charge in [0.15, 0.2) is 0 Å². The fraction of sp³-hybridized carbons (Fsp3) is 0.107. The van der Waals surface area contributed by atoms with Crippen LogP contribution in [0.3, 0.4) is 0 Å². The van der Waals surface area contributed by atoms with E-state index in [4.69, 9.17) is 11.6 Å². The van der Waals surface area contributed by atoms with Crippen molar-refractivity contribution in [3.63, 3.8) is 0 Å². The Morgan fingerprint density at radius 3 is 1.74 bits per heavy atom. The van der Waals surface area contributed by atoms with Crippen molar-refractivity contribution in [1.82, 2.24) is 4.31 Å². The molecule has 0 fully saturated rings. The predicted molar refractivity (Wildman–Crippen MR) is 138 cm³/mol. The number of hydrogen-bond donors (Lipinski definition) is 1. The molecule has 0 heterocycles. The maximum Gasteiger partial charge on any atom is 0.322 e. The van der Waals surface area contributed by atoms with Gasteiger partial charge in [-0.25, -0.2) is 8.42 Å². The Morgan fingerprint density at radius 2 is 1.23 bits per heavy atom. The van der Waals surface area contributed by atoms with E-state index in [0.717, 1.165) is 21.0 Å². The van der Waals surface area contributed by atoms with Crippen molar-refractivity contribution in [2.24, 2.45) is 0 Å². The van der Waals surface area contributed by atoms with Gasteiger partial charge in [-0.05, 0) is 52.9 Å². The molecule has 0 amide bonds. The summed E-state index contributed by atoms with van der Waals surface area (Å²) < 4.78 is 28.7. The van der Waals surface area contributed by atoms with Crippen LogP contribution in [0.4, 0.5) is 0 Å². The zero-order valence-corrected chi connectivity index (χ0v) is 20.4. The lowest BCUT2D eigenvalue weighted by molar-refractivity contribution is -0.141. The number of rotatable bonds is 9. The number of sulfonamides is 1. The molecule has 0 aliphatic heterocycles. The number of carbonyl (C=O) groups is 1. The van der Waals surface area contributed by atoms with Crippen molar-refractivity contribution >= 4 is 27.6 Å². The van der Waals surface area contributed by atoms with E-state index < -0.39 is 22.0 Å². The van der Waals surface area contributed by atoms with Crippen LogP contribution in [0.15, 0.2) is 114 Å². The number of hydrogen-bond acceptors (Lipinski definition) is 3. The highest BCUT2D eigenvalue weighted by molar-refractivity contribution is 7.89. The summed E-state index contributed by atoms with van der Waals surface area (Å²) in [5.74, 6) is -1.20. The molecule has 1 N–H and O–H groups in total. The molecule has 0 unspecified atom stereocenters. The van der Waals surface area contributed by atoms with Crippen LogP contribution in [0.5, 0.6) is 0 Å². The van der Waals surface area contributed by atoms with Crippen molar-refractivity contribution < 1.29 is 18.3 Å². The molecule has 7 heteroatoms. The van der Waals surface area contributed by atoms with Crippen LogP contribution in [0.1, 0.15) is 11.1 Å². The third-order valence-corrected chi connectivity index (χ3v) is 7.85. The lowest BCUT2D eigenvalue weighted by atomic mass is 10.1. The van der Waals surface area contributed by atoms with Gasteiger partial charge in [-0.3, -0.25) is 4.79 Å². The van der Waals surface area contributed by atoms with Gasteiger partial charge in [0, 0.05) is 11.6 Å². The second-order valence-electron chi connectivity index (χ2n) is 8.11. The van der Waals surface area contributed by atoms with Crippen molar-refractivity contribution in [3.8, 4) is 11.1 Å². The maximum absolute atomic E-state index is 13.8. The van der Waals surface area contributed by atoms with Crippen LogP contribution in [-0.2, 0) is 27.8 Å². The molecule has 4 aromatic rings. The van der Waals surface area contributed by atoms with E-state index in [1.807, 2.05) is 24.3 Å². The van der Waals surface area contributed by atoms with Gasteiger partial charge in [0.1, 0.15) is 6.04 Å². The van der Waals surface area contributed by atoms with E-state index in [-0.39, 0.29) is 17.9 Å². The highest BCUT2D eigenvalue weighted by Crippen LogP contribution is 2.27. The summed E-state index contributed by atoms with van der Waals surface area (Å²) in [5.41, 5.74) is 3.17. The summed E-state index contributed by atoms with van der Waals surface area (Å²) >= 11 is 5.97. The quantitative estimate of drug-likeness (QED) is 0.307. The van der Waals surface area contributed by atoms with Gasteiger partial charge in [0.25, 0.3) is 0 Å². The lowest BCUT2D eigenvalue weighted by Gasteiger charge is -2.28. The number of carboxylic acid groups (broad SMARTS) is 1. The minimum absolute atomic E-state index is 0.0328. The molecule has 0 aliphatic carbocycles. The van der Waals surface area contributed by atoms with Crippen LogP contribution in [0, 0.1) is 0 Å². The number of nitrogens with zero attached hydrogens (tertiary/aromatic N) is 1. The first-order chi connectivity index (χ1) is 16.8. The first-order valence-electron chi connectivity index (χ1n) is 11.0. The van der Waals surface area contributed by atoms with Crippen LogP contribution in [0.25, 0.3) is 11.1 Å². The SMILES string of the molecule is O=C(O)[C@@H](Cc1ccccc1)N(Cc1ccccc1)S(=O)(=O)c1ccc(-c2ccc(Cl)cc2)cc1. The Labute approximate surface area is 210 Å². The molecule has 4 aromatic carbocycles. The summed E-state index contributed by atoms with van der Waals surface area (Å²) in [6, 6.07) is 30.5. The van der Waals surface area contributed by atoms with Gasteiger partial charge < -0.3 is 5.11 Å². The van der Waals surface area contributed by atoms with E-state index in [9.17, 15) is 18.3 Å². The second-order valence-corrected chi connectivity index (χ2v) is 10.4. The fourth-order valence-electron chi connectivity index (χ4n) is 3.87. The third-order valence-electron chi connectivity index (χ3n) is 5.72. The third kappa shape index (κ3) is 5.98. The lowest BCUT2D eigenvalue weighted by Crippen LogP contribution is -2.45. The largest absolute Gasteiger partial charge is 0.480 e. The first kappa shape index (κ1) is 24.7. The van der Waals surface area contributed by atoms with E-state index in [0.29, 0.717) is 10.6 Å². The van der Waals surface area contributed by atoms with Gasteiger partial charge in [-0.15, -0.1) is 0 Å². The molecule has 0 spiro atoms. The molecule has 0 bridgehead atoms. The highest BCUT2D eigenvalue weighted by atomic mass is 35.5. The number of aliphatic carboxylic acids is 1. The second kappa shape index (κ2) is 10.9. The van der Waals surface area contributed by atoms with Gasteiger partial charge >= 0.3 is 5.97 Å². The van der Waals surface area contributed by atoms with Crippen molar-refractivity contribution in [3.05, 3.63) is 125 Å². The number of halogens is 1. The monoisotopic (exact) mass is 505 g/mol. The summed E-state index contributed by atoms with van der Waals surface area (Å²) in [4.78, 5) is 12.4. The van der Waals surface area contributed by atoms with E-state index in [2.05, 4.69) is 0 Å². The molecule has 0 saturated carbocycles. The summed E-state index contributed by atoms with van der Waals surface area (Å²) in [7, 11) is -4.14. The topological polar surface area (TPSA) is 74.7 Å². The van der Waals surface area contributed by atoms with E-state index >= 15 is 0 Å². The van der Waals surface area contributed by atoms with Crippen LogP contribution in [-0.4, -0.2) is 29.8 Å². The molecule has 4 rings (SSSR count). The molecule has 178 valence electrons. The van der Waals surface area contributed by atoms with Crippen LogP contribution < -0.4 is 0 Å². The van der Waals surface area contributed by atoms with Gasteiger partial charge in [0.2, 0.25) is 10.0 Å². The van der Waals surface area contributed by atoms with E-state index in [1.165, 1.54) is 12.1 Å². The van der Waals surface area contributed by atoms with Gasteiger partial charge in [-0.1, -0.05) is 96.5 Å². The molecule has 35 heavy (non-hydrogen) atoms. The molecule has 0 aliphatic rings. The minimum atomic E-state index is -4.14. The highest BCUT2D eigenvalue weighted by Gasteiger charge is 2.36. The Morgan fingerprint density at radius 1 is 0.743 bits per heavy atom. The zero-order valence-electron chi connectivity index (χ0n) is 18.8. The van der Waals surface area contributed by atoms with Gasteiger partial charge in [0.05, 0.1) is 4.90 Å². The zero-order chi connectivity index (χ0) is 24.8. The smallest absolute Gasteiger partial charge is 0.322 e. The van der Waals surface area contributed by atoms with Crippen LogP contribution >= 0.6 is 11.6 Å². The summed E-state index contributed by atoms with van der Waals surface area (Å²) in [5, 5.41) is 10.7. The maximum atomic E-state index is 13.8.